The van der Waals surface area contributed by atoms with Crippen LogP contribution >= 0.6 is 0 Å². The molecular weight excluding hydrogens is 655 g/mol. The molecule has 3 heterocycles. The summed E-state index contributed by atoms with van der Waals surface area (Å²) in [5.74, 6) is -0.225. The maximum atomic E-state index is 13.8. The first kappa shape index (κ1) is 39.6. The second-order valence-corrected chi connectivity index (χ2v) is 15.6. The lowest BCUT2D eigenvalue weighted by molar-refractivity contribution is -0.155. The summed E-state index contributed by atoms with van der Waals surface area (Å²) in [5, 5.41) is 3.08. The molecule has 0 bridgehead atoms. The number of hydrogen-bond acceptors (Lipinski definition) is 8. The van der Waals surface area contributed by atoms with Crippen molar-refractivity contribution in [1.82, 2.24) is 20.1 Å². The predicted molar refractivity (Wildman–Crippen MR) is 192 cm³/mol. The van der Waals surface area contributed by atoms with Crippen molar-refractivity contribution in [2.45, 2.75) is 104 Å². The van der Waals surface area contributed by atoms with E-state index >= 15 is 0 Å². The molecule has 2 aliphatic heterocycles. The minimum absolute atomic E-state index is 0.0296. The zero-order valence-corrected chi connectivity index (χ0v) is 31.0. The van der Waals surface area contributed by atoms with E-state index < -0.39 is 35.8 Å². The Bertz CT molecular complexity index is 1500. The van der Waals surface area contributed by atoms with Crippen molar-refractivity contribution in [1.29, 1.82) is 0 Å². The van der Waals surface area contributed by atoms with Crippen molar-refractivity contribution in [2.75, 3.05) is 39.5 Å². The summed E-state index contributed by atoms with van der Waals surface area (Å²) in [6.45, 7) is 12.4. The number of halogens is 1. The lowest BCUT2D eigenvalue weighted by Gasteiger charge is -2.35. The highest BCUT2D eigenvalue weighted by Gasteiger charge is 2.32. The van der Waals surface area contributed by atoms with Gasteiger partial charge in [0.2, 0.25) is 11.8 Å². The van der Waals surface area contributed by atoms with Crippen LogP contribution < -0.4 is 10.1 Å². The Morgan fingerprint density at radius 3 is 2.33 bits per heavy atom. The Hall–Kier alpha value is -4.22. The topological polar surface area (TPSA) is 127 Å². The molecule has 3 amide bonds. The fourth-order valence-corrected chi connectivity index (χ4v) is 6.45. The summed E-state index contributed by atoms with van der Waals surface area (Å²) in [5.41, 5.74) is 0.922. The minimum atomic E-state index is -0.719. The molecule has 0 spiro atoms. The van der Waals surface area contributed by atoms with Gasteiger partial charge in [0, 0.05) is 50.6 Å². The van der Waals surface area contributed by atoms with E-state index in [0.29, 0.717) is 62.7 Å². The summed E-state index contributed by atoms with van der Waals surface area (Å²) in [6.07, 6.45) is 7.01. The number of carbonyl (C=O) groups excluding carboxylic acids is 4. The van der Waals surface area contributed by atoms with Gasteiger partial charge in [-0.05, 0) is 109 Å². The van der Waals surface area contributed by atoms with E-state index in [-0.39, 0.29) is 30.9 Å². The third-order valence-corrected chi connectivity index (χ3v) is 8.96. The second kappa shape index (κ2) is 17.8. The molecular formula is C39H55FN4O7. The lowest BCUT2D eigenvalue weighted by Crippen LogP contribution is -2.46. The number of nitrogens with zero attached hydrogens (tertiary/aromatic N) is 3. The quantitative estimate of drug-likeness (QED) is 0.243. The minimum Gasteiger partial charge on any atom is -0.491 e. The fraction of sp³-hybridized carbons (Fsp3) is 0.615. The molecule has 0 radical (unpaired) electrons. The number of carbonyl (C=O) groups is 4. The van der Waals surface area contributed by atoms with Gasteiger partial charge in [0.05, 0.1) is 18.4 Å². The number of aromatic nitrogens is 1. The molecule has 2 fully saturated rings. The van der Waals surface area contributed by atoms with Crippen LogP contribution in [-0.2, 0) is 23.9 Å². The first-order valence-corrected chi connectivity index (χ1v) is 18.1. The molecule has 0 aliphatic carbocycles. The molecule has 1 N–H and O–H groups in total. The number of rotatable bonds is 12. The molecule has 1 aromatic carbocycles. The Kier molecular flexibility index (Phi) is 13.8. The van der Waals surface area contributed by atoms with Gasteiger partial charge in [-0.1, -0.05) is 12.1 Å². The van der Waals surface area contributed by atoms with Gasteiger partial charge in [0.15, 0.2) is 0 Å². The van der Waals surface area contributed by atoms with Gasteiger partial charge in [0.1, 0.15) is 30.2 Å². The molecule has 51 heavy (non-hydrogen) atoms. The molecule has 1 aromatic heterocycles. The number of ether oxygens (including phenoxy) is 3. The number of pyridine rings is 1. The van der Waals surface area contributed by atoms with Crippen LogP contribution in [0.15, 0.2) is 42.7 Å². The third-order valence-electron chi connectivity index (χ3n) is 8.96. The van der Waals surface area contributed by atoms with Crippen molar-refractivity contribution in [3.63, 3.8) is 0 Å². The average Bonchev–Trinajstić information content (AvgIpc) is 3.08. The van der Waals surface area contributed by atoms with Gasteiger partial charge in [-0.2, -0.15) is 0 Å². The van der Waals surface area contributed by atoms with E-state index in [2.05, 4.69) is 10.3 Å². The van der Waals surface area contributed by atoms with Gasteiger partial charge in [-0.25, -0.2) is 9.18 Å². The summed E-state index contributed by atoms with van der Waals surface area (Å²) >= 11 is 0. The van der Waals surface area contributed by atoms with Crippen molar-refractivity contribution in [3.8, 4) is 16.9 Å². The largest absolute Gasteiger partial charge is 0.491 e. The van der Waals surface area contributed by atoms with Crippen LogP contribution in [0.25, 0.3) is 11.1 Å². The molecule has 2 aliphatic rings. The average molecular weight is 711 g/mol. The molecule has 0 unspecified atom stereocenters. The number of benzene rings is 1. The van der Waals surface area contributed by atoms with E-state index in [1.54, 1.807) is 61.2 Å². The highest BCUT2D eigenvalue weighted by molar-refractivity contribution is 5.82. The molecule has 280 valence electrons. The van der Waals surface area contributed by atoms with Gasteiger partial charge < -0.3 is 29.3 Å². The monoisotopic (exact) mass is 710 g/mol. The van der Waals surface area contributed by atoms with Gasteiger partial charge >= 0.3 is 12.1 Å². The Morgan fingerprint density at radius 1 is 0.922 bits per heavy atom. The van der Waals surface area contributed by atoms with E-state index in [1.807, 2.05) is 32.9 Å². The Labute approximate surface area is 301 Å². The normalized spacial score (nSPS) is 17.7. The summed E-state index contributed by atoms with van der Waals surface area (Å²) in [4.78, 5) is 60.5. The maximum absolute atomic E-state index is 13.8. The van der Waals surface area contributed by atoms with Crippen molar-refractivity contribution in [3.05, 3.63) is 48.3 Å². The first-order valence-electron chi connectivity index (χ1n) is 18.1. The van der Waals surface area contributed by atoms with Crippen LogP contribution in [0.5, 0.6) is 5.75 Å². The molecule has 4 rings (SSSR count). The standard InChI is InChI=1S/C39H55FN4O7/c1-38(2,3)50-35(46)23-33(31-21-30(24-41-25-31)28-9-7-11-32(22-28)49-20-16-40)42-36(47)29-10-8-17-44(26-29)34(45)13-12-27-14-18-43(19-15-27)37(48)51-39(4,5)6/h7,9,11,21-22,24-25,27,29,33H,8,10,12-20,23,26H2,1-6H3,(H,42,47)/t29-,33+/m1/s1. The Balaban J connectivity index is 1.38. The fourth-order valence-electron chi connectivity index (χ4n) is 6.45. The van der Waals surface area contributed by atoms with E-state index in [9.17, 15) is 23.6 Å². The van der Waals surface area contributed by atoms with Crippen LogP contribution in [0.1, 0.15) is 98.1 Å². The molecule has 0 saturated carbocycles. The van der Waals surface area contributed by atoms with Crippen molar-refractivity contribution >= 4 is 23.9 Å². The van der Waals surface area contributed by atoms with Gasteiger partial charge in [-0.15, -0.1) is 0 Å². The van der Waals surface area contributed by atoms with Crippen molar-refractivity contribution < 1.29 is 37.8 Å². The van der Waals surface area contributed by atoms with Gasteiger partial charge in [0.25, 0.3) is 0 Å². The van der Waals surface area contributed by atoms with Crippen LogP contribution in [0.2, 0.25) is 0 Å². The number of piperidine rings is 2. The highest BCUT2D eigenvalue weighted by Crippen LogP contribution is 2.29. The predicted octanol–water partition coefficient (Wildman–Crippen LogP) is 6.65. The summed E-state index contributed by atoms with van der Waals surface area (Å²) in [6, 6.07) is 8.37. The summed E-state index contributed by atoms with van der Waals surface area (Å²) in [7, 11) is 0. The smallest absolute Gasteiger partial charge is 0.410 e. The van der Waals surface area contributed by atoms with E-state index in [4.69, 9.17) is 14.2 Å². The van der Waals surface area contributed by atoms with Crippen LogP contribution in [-0.4, -0.2) is 89.3 Å². The SMILES string of the molecule is CC(C)(C)OC(=O)C[C@H](NC(=O)[C@@H]1CCCN(C(=O)CCC2CCN(C(=O)OC(C)(C)C)CC2)C1)c1cncc(-c2cccc(OCCF)c2)c1. The maximum Gasteiger partial charge on any atom is 0.410 e. The lowest BCUT2D eigenvalue weighted by atomic mass is 9.91. The number of hydrogen-bond donors (Lipinski definition) is 1. The number of likely N-dealkylation sites (tertiary alicyclic amines) is 2. The summed E-state index contributed by atoms with van der Waals surface area (Å²) < 4.78 is 29.2. The Morgan fingerprint density at radius 2 is 1.65 bits per heavy atom. The molecule has 2 aromatic rings. The second-order valence-electron chi connectivity index (χ2n) is 15.6. The first-order chi connectivity index (χ1) is 24.1. The van der Waals surface area contributed by atoms with E-state index in [0.717, 1.165) is 30.4 Å². The van der Waals surface area contributed by atoms with E-state index in [1.165, 1.54) is 0 Å². The van der Waals surface area contributed by atoms with Crippen LogP contribution in [0, 0.1) is 11.8 Å². The number of amides is 3. The molecule has 11 nitrogen and oxygen atoms in total. The van der Waals surface area contributed by atoms with Crippen molar-refractivity contribution in [2.24, 2.45) is 11.8 Å². The zero-order chi connectivity index (χ0) is 37.2. The molecule has 12 heteroatoms. The number of esters is 1. The molecule has 2 atom stereocenters. The number of nitrogens with one attached hydrogen (secondary N) is 1. The van der Waals surface area contributed by atoms with Gasteiger partial charge in [-0.3, -0.25) is 19.4 Å². The zero-order valence-electron chi connectivity index (χ0n) is 31.0. The third kappa shape index (κ3) is 12.8. The van der Waals surface area contributed by atoms with Crippen LogP contribution in [0.4, 0.5) is 9.18 Å². The molecule has 2 saturated heterocycles. The van der Waals surface area contributed by atoms with Crippen LogP contribution in [0.3, 0.4) is 0 Å². The number of alkyl halides is 1. The highest BCUT2D eigenvalue weighted by atomic mass is 19.1.